The van der Waals surface area contributed by atoms with Crippen LogP contribution in [-0.4, -0.2) is 30.1 Å². The highest BCUT2D eigenvalue weighted by atomic mass is 79.9. The number of aliphatic hydroxyl groups is 1. The Bertz CT molecular complexity index is 834. The third-order valence-corrected chi connectivity index (χ3v) is 5.10. The molecule has 122 valence electrons. The number of hydrogen-bond acceptors (Lipinski definition) is 2. The van der Waals surface area contributed by atoms with E-state index in [-0.39, 0.29) is 18.4 Å². The predicted molar refractivity (Wildman–Crippen MR) is 105 cm³/mol. The van der Waals surface area contributed by atoms with E-state index in [1.54, 1.807) is 0 Å². The molecule has 3 rings (SSSR count). The molecule has 0 fully saturated rings. The first-order valence-corrected chi connectivity index (χ1v) is 8.23. The number of rotatable bonds is 3. The number of nitrogens with zero attached hydrogens (tertiary/aromatic N) is 1. The fraction of sp³-hybridized carbons (Fsp3) is 0.263. The van der Waals surface area contributed by atoms with E-state index in [1.165, 1.54) is 21.5 Å². The van der Waals surface area contributed by atoms with Crippen molar-refractivity contribution >= 4 is 49.9 Å². The van der Waals surface area contributed by atoms with Crippen molar-refractivity contribution in [2.75, 3.05) is 14.1 Å². The summed E-state index contributed by atoms with van der Waals surface area (Å²) in [7, 11) is 3.98. The van der Waals surface area contributed by atoms with Crippen LogP contribution >= 0.6 is 28.3 Å². The number of benzene rings is 3. The summed E-state index contributed by atoms with van der Waals surface area (Å²) in [6.07, 6.45) is -0.498. The van der Waals surface area contributed by atoms with Gasteiger partial charge < -0.3 is 10.0 Å². The lowest BCUT2D eigenvalue weighted by Crippen LogP contribution is -2.30. The van der Waals surface area contributed by atoms with E-state index in [9.17, 15) is 5.11 Å². The Morgan fingerprint density at radius 2 is 1.61 bits per heavy atom. The van der Waals surface area contributed by atoms with Crippen molar-refractivity contribution in [3.05, 3.63) is 58.6 Å². The minimum absolute atomic E-state index is 0. The van der Waals surface area contributed by atoms with Crippen molar-refractivity contribution in [2.24, 2.45) is 0 Å². The van der Waals surface area contributed by atoms with Crippen molar-refractivity contribution in [3.63, 3.8) is 0 Å². The molecule has 0 saturated carbocycles. The minimum Gasteiger partial charge on any atom is -0.387 e. The van der Waals surface area contributed by atoms with Crippen LogP contribution in [0.3, 0.4) is 0 Å². The van der Waals surface area contributed by atoms with Crippen LogP contribution in [0.4, 0.5) is 0 Å². The number of aliphatic hydroxyl groups excluding tert-OH is 1. The maximum Gasteiger partial charge on any atom is 0.0942 e. The van der Waals surface area contributed by atoms with E-state index in [4.69, 9.17) is 0 Å². The van der Waals surface area contributed by atoms with E-state index < -0.39 is 6.10 Å². The zero-order valence-electron chi connectivity index (χ0n) is 13.5. The molecule has 4 heteroatoms. The topological polar surface area (TPSA) is 23.5 Å². The first-order chi connectivity index (χ1) is 10.5. The Kier molecular flexibility index (Phi) is 5.69. The summed E-state index contributed by atoms with van der Waals surface area (Å²) < 4.78 is 1.10. The first kappa shape index (κ1) is 18.2. The summed E-state index contributed by atoms with van der Waals surface area (Å²) in [5.74, 6) is 0. The Hall–Kier alpha value is -1.13. The molecule has 2 unspecified atom stereocenters. The molecular formula is C19H21BrClNO. The molecule has 3 aromatic carbocycles. The monoisotopic (exact) mass is 393 g/mol. The lowest BCUT2D eigenvalue weighted by molar-refractivity contribution is 0.0860. The van der Waals surface area contributed by atoms with Crippen molar-refractivity contribution < 1.29 is 5.11 Å². The quantitative estimate of drug-likeness (QED) is 0.620. The van der Waals surface area contributed by atoms with Crippen LogP contribution in [0.5, 0.6) is 0 Å². The molecule has 0 bridgehead atoms. The third kappa shape index (κ3) is 3.38. The molecule has 0 aliphatic rings. The van der Waals surface area contributed by atoms with Gasteiger partial charge in [-0.2, -0.15) is 0 Å². The summed E-state index contributed by atoms with van der Waals surface area (Å²) in [5.41, 5.74) is 0.959. The van der Waals surface area contributed by atoms with Gasteiger partial charge >= 0.3 is 0 Å². The summed E-state index contributed by atoms with van der Waals surface area (Å²) in [6.45, 7) is 2.04. The average molecular weight is 395 g/mol. The first-order valence-electron chi connectivity index (χ1n) is 7.44. The summed E-state index contributed by atoms with van der Waals surface area (Å²) in [4.78, 5) is 2.04. The van der Waals surface area contributed by atoms with Gasteiger partial charge in [0, 0.05) is 10.5 Å². The van der Waals surface area contributed by atoms with Crippen molar-refractivity contribution in [3.8, 4) is 0 Å². The Morgan fingerprint density at radius 1 is 0.957 bits per heavy atom. The predicted octanol–water partition coefficient (Wildman–Crippen LogP) is 5.16. The zero-order valence-corrected chi connectivity index (χ0v) is 15.9. The molecule has 0 amide bonds. The molecule has 0 saturated heterocycles. The van der Waals surface area contributed by atoms with Gasteiger partial charge in [0.15, 0.2) is 0 Å². The van der Waals surface area contributed by atoms with Gasteiger partial charge in [-0.1, -0.05) is 52.3 Å². The Morgan fingerprint density at radius 3 is 2.26 bits per heavy atom. The zero-order chi connectivity index (χ0) is 15.9. The molecular weight excluding hydrogens is 374 g/mol. The largest absolute Gasteiger partial charge is 0.387 e. The summed E-state index contributed by atoms with van der Waals surface area (Å²) >= 11 is 3.65. The van der Waals surface area contributed by atoms with Gasteiger partial charge in [-0.15, -0.1) is 12.4 Å². The molecule has 2 atom stereocenters. The van der Waals surface area contributed by atoms with Crippen LogP contribution in [0, 0.1) is 0 Å². The van der Waals surface area contributed by atoms with Gasteiger partial charge in [-0.25, -0.2) is 0 Å². The van der Waals surface area contributed by atoms with Crippen LogP contribution in [0.1, 0.15) is 18.6 Å². The number of likely N-dealkylation sites (N-methyl/N-ethyl adjacent to an activating group) is 1. The molecule has 2 nitrogen and oxygen atoms in total. The van der Waals surface area contributed by atoms with Crippen molar-refractivity contribution in [2.45, 2.75) is 19.1 Å². The molecule has 0 aromatic heterocycles. The van der Waals surface area contributed by atoms with Crippen molar-refractivity contribution in [1.82, 2.24) is 4.90 Å². The standard InChI is InChI=1S/C19H20BrNO.ClH/c1-12(21(2)3)19(22)14-9-8-13-11-18(20)16-7-5-4-6-15(16)17(13)10-14;/h4-12,19,22H,1-3H3;1H. The highest BCUT2D eigenvalue weighted by molar-refractivity contribution is 9.10. The van der Waals surface area contributed by atoms with Gasteiger partial charge in [-0.3, -0.25) is 0 Å². The van der Waals surface area contributed by atoms with E-state index >= 15 is 0 Å². The van der Waals surface area contributed by atoms with Crippen molar-refractivity contribution in [1.29, 1.82) is 0 Å². The van der Waals surface area contributed by atoms with Crippen LogP contribution in [0.15, 0.2) is 53.0 Å². The smallest absolute Gasteiger partial charge is 0.0942 e. The fourth-order valence-electron chi connectivity index (χ4n) is 2.82. The van der Waals surface area contributed by atoms with Crippen LogP contribution < -0.4 is 0 Å². The number of hydrogen-bond donors (Lipinski definition) is 1. The summed E-state index contributed by atoms with van der Waals surface area (Å²) in [6, 6.07) is 16.8. The maximum absolute atomic E-state index is 10.6. The van der Waals surface area contributed by atoms with Gasteiger partial charge in [0.25, 0.3) is 0 Å². The van der Waals surface area contributed by atoms with E-state index in [0.717, 1.165) is 10.0 Å². The highest BCUT2D eigenvalue weighted by Crippen LogP contribution is 2.33. The molecule has 3 aromatic rings. The van der Waals surface area contributed by atoms with E-state index in [1.807, 2.05) is 38.1 Å². The lowest BCUT2D eigenvalue weighted by atomic mass is 9.96. The third-order valence-electron chi connectivity index (χ3n) is 4.45. The maximum atomic E-state index is 10.6. The van der Waals surface area contributed by atoms with Gasteiger partial charge in [0.05, 0.1) is 6.10 Å². The lowest BCUT2D eigenvalue weighted by Gasteiger charge is -2.25. The second kappa shape index (κ2) is 7.18. The van der Waals surface area contributed by atoms with Crippen LogP contribution in [0.25, 0.3) is 21.5 Å². The molecule has 0 aliphatic carbocycles. The fourth-order valence-corrected chi connectivity index (χ4v) is 3.41. The molecule has 1 N–H and O–H groups in total. The number of halogens is 2. The normalized spacial score (nSPS) is 14.0. The summed E-state index contributed by atoms with van der Waals surface area (Å²) in [5, 5.41) is 15.4. The van der Waals surface area contributed by atoms with Gasteiger partial charge in [0.1, 0.15) is 0 Å². The Labute approximate surface area is 151 Å². The van der Waals surface area contributed by atoms with E-state index in [0.29, 0.717) is 0 Å². The van der Waals surface area contributed by atoms with Crippen LogP contribution in [-0.2, 0) is 0 Å². The SMILES string of the molecule is CC(C(O)c1ccc2cc(Br)c3ccccc3c2c1)N(C)C.Cl. The minimum atomic E-state index is -0.498. The average Bonchev–Trinajstić information content (AvgIpc) is 2.53. The molecule has 0 spiro atoms. The second-order valence-corrected chi connectivity index (χ2v) is 6.89. The molecule has 0 aliphatic heterocycles. The second-order valence-electron chi connectivity index (χ2n) is 6.03. The molecule has 0 heterocycles. The van der Waals surface area contributed by atoms with Crippen LogP contribution in [0.2, 0.25) is 0 Å². The molecule has 23 heavy (non-hydrogen) atoms. The Balaban J connectivity index is 0.00000192. The number of fused-ring (bicyclic) bond motifs is 3. The van der Waals surface area contributed by atoms with E-state index in [2.05, 4.69) is 52.3 Å². The van der Waals surface area contributed by atoms with Gasteiger partial charge in [0.2, 0.25) is 0 Å². The molecule has 0 radical (unpaired) electrons. The van der Waals surface area contributed by atoms with Gasteiger partial charge in [-0.05, 0) is 60.3 Å². The highest BCUT2D eigenvalue weighted by Gasteiger charge is 2.18.